The maximum Gasteiger partial charge on any atom is 0.222 e. The molecule has 0 saturated carbocycles. The Morgan fingerprint density at radius 1 is 1.32 bits per heavy atom. The summed E-state index contributed by atoms with van der Waals surface area (Å²) in [5, 5.41) is 0. The van der Waals surface area contributed by atoms with E-state index in [4.69, 9.17) is 5.73 Å². The first-order chi connectivity index (χ1) is 12.1. The van der Waals surface area contributed by atoms with Crippen molar-refractivity contribution in [3.8, 4) is 0 Å². The largest absolute Gasteiger partial charge is 0.356 e. The lowest BCUT2D eigenvalue weighted by molar-refractivity contribution is -0.139. The number of aryl methyl sites for hydroxylation is 2. The first kappa shape index (κ1) is 18.1. The molecule has 0 bridgehead atoms. The smallest absolute Gasteiger partial charge is 0.222 e. The summed E-state index contributed by atoms with van der Waals surface area (Å²) in [4.78, 5) is 26.0. The van der Waals surface area contributed by atoms with E-state index in [1.54, 1.807) is 0 Å². The van der Waals surface area contributed by atoms with E-state index >= 15 is 0 Å². The fraction of sp³-hybridized carbons (Fsp3) is 0.737. The van der Waals surface area contributed by atoms with Gasteiger partial charge in [0.2, 0.25) is 5.91 Å². The molecule has 1 aromatic rings. The van der Waals surface area contributed by atoms with Gasteiger partial charge in [0, 0.05) is 43.9 Å². The Hall–Kier alpha value is -1.69. The molecule has 2 aliphatic rings. The number of carbonyl (C=O) groups excluding carboxylic acids is 1. The zero-order valence-electron chi connectivity index (χ0n) is 15.6. The summed E-state index contributed by atoms with van der Waals surface area (Å²) in [6, 6.07) is 2.53. The van der Waals surface area contributed by atoms with Crippen LogP contribution >= 0.6 is 0 Å². The van der Waals surface area contributed by atoms with Gasteiger partial charge in [0.15, 0.2) is 0 Å². The number of aromatic nitrogens is 2. The highest BCUT2D eigenvalue weighted by atomic mass is 16.2. The molecule has 2 saturated heterocycles. The van der Waals surface area contributed by atoms with Gasteiger partial charge in [-0.25, -0.2) is 9.97 Å². The Kier molecular flexibility index (Phi) is 5.89. The van der Waals surface area contributed by atoms with E-state index in [9.17, 15) is 4.79 Å². The van der Waals surface area contributed by atoms with Crippen molar-refractivity contribution in [1.29, 1.82) is 0 Å². The van der Waals surface area contributed by atoms with Gasteiger partial charge in [-0.1, -0.05) is 13.3 Å². The highest BCUT2D eigenvalue weighted by Crippen LogP contribution is 2.33. The zero-order chi connectivity index (χ0) is 17.8. The molecule has 1 amide bonds. The van der Waals surface area contributed by atoms with Crippen molar-refractivity contribution in [3.05, 3.63) is 17.6 Å². The second kappa shape index (κ2) is 8.13. The molecule has 6 nitrogen and oxygen atoms in total. The lowest BCUT2D eigenvalue weighted by Crippen LogP contribution is -2.56. The number of piperidine rings is 2. The predicted octanol–water partition coefficient (Wildman–Crippen LogP) is 1.90. The number of anilines is 1. The van der Waals surface area contributed by atoms with Crippen LogP contribution in [0, 0.1) is 12.8 Å². The fourth-order valence-corrected chi connectivity index (χ4v) is 4.27. The molecule has 25 heavy (non-hydrogen) atoms. The van der Waals surface area contributed by atoms with Crippen LogP contribution in [0.1, 0.15) is 50.5 Å². The third-order valence-electron chi connectivity index (χ3n) is 5.45. The highest BCUT2D eigenvalue weighted by molar-refractivity contribution is 5.77. The average molecular weight is 345 g/mol. The molecule has 6 heteroatoms. The van der Waals surface area contributed by atoms with Crippen molar-refractivity contribution >= 4 is 11.7 Å². The Balaban J connectivity index is 1.72. The van der Waals surface area contributed by atoms with E-state index in [-0.39, 0.29) is 0 Å². The van der Waals surface area contributed by atoms with Gasteiger partial charge in [-0.2, -0.15) is 0 Å². The number of rotatable bonds is 6. The molecule has 2 fully saturated rings. The summed E-state index contributed by atoms with van der Waals surface area (Å²) in [5.74, 6) is 2.76. The minimum absolute atomic E-state index is 0.311. The van der Waals surface area contributed by atoms with Crippen LogP contribution in [0.15, 0.2) is 6.07 Å². The van der Waals surface area contributed by atoms with Crippen LogP contribution < -0.4 is 10.6 Å². The molecular weight excluding hydrogens is 314 g/mol. The quantitative estimate of drug-likeness (QED) is 0.852. The number of carbonyl (C=O) groups is 1. The van der Waals surface area contributed by atoms with Crippen LogP contribution in [-0.2, 0) is 11.2 Å². The number of fused-ring (bicyclic) bond motifs is 1. The summed E-state index contributed by atoms with van der Waals surface area (Å²) in [6.45, 7) is 7.55. The van der Waals surface area contributed by atoms with Crippen LogP contribution in [0.25, 0.3) is 0 Å². The standard InChI is InChI=1S/C19H31N5O/c1-3-5-16-12-18(22-14(2)21-16)23-11-8-17-15(13-23)6-7-19(25)24(17)10-4-9-20/h12,15,17H,3-11,13,20H2,1-2H3/t15-,17+/m0/s1. The molecule has 0 aromatic carbocycles. The fourth-order valence-electron chi connectivity index (χ4n) is 4.27. The Labute approximate surface area is 150 Å². The summed E-state index contributed by atoms with van der Waals surface area (Å²) < 4.78 is 0. The van der Waals surface area contributed by atoms with E-state index in [1.807, 2.05) is 6.92 Å². The molecule has 3 rings (SSSR count). The van der Waals surface area contributed by atoms with E-state index in [2.05, 4.69) is 32.8 Å². The zero-order valence-corrected chi connectivity index (χ0v) is 15.6. The predicted molar refractivity (Wildman–Crippen MR) is 99.5 cm³/mol. The molecule has 1 aromatic heterocycles. The minimum Gasteiger partial charge on any atom is -0.356 e. The lowest BCUT2D eigenvalue weighted by atomic mass is 9.83. The molecule has 2 atom stereocenters. The molecule has 0 aliphatic carbocycles. The Morgan fingerprint density at radius 2 is 2.16 bits per heavy atom. The van der Waals surface area contributed by atoms with Crippen LogP contribution in [0.3, 0.4) is 0 Å². The third kappa shape index (κ3) is 4.11. The first-order valence-electron chi connectivity index (χ1n) is 9.71. The van der Waals surface area contributed by atoms with Gasteiger partial charge in [-0.05, 0) is 45.1 Å². The van der Waals surface area contributed by atoms with Crippen molar-refractivity contribution < 1.29 is 4.79 Å². The maximum atomic E-state index is 12.3. The average Bonchev–Trinajstić information content (AvgIpc) is 2.60. The van der Waals surface area contributed by atoms with E-state index in [1.165, 1.54) is 0 Å². The molecule has 0 radical (unpaired) electrons. The highest BCUT2D eigenvalue weighted by Gasteiger charge is 2.39. The summed E-state index contributed by atoms with van der Waals surface area (Å²) in [5.41, 5.74) is 6.78. The van der Waals surface area contributed by atoms with E-state index in [0.29, 0.717) is 30.8 Å². The van der Waals surface area contributed by atoms with Gasteiger partial charge in [-0.3, -0.25) is 4.79 Å². The van der Waals surface area contributed by atoms with Crippen LogP contribution in [0.4, 0.5) is 5.82 Å². The second-order valence-corrected chi connectivity index (χ2v) is 7.34. The summed E-state index contributed by atoms with van der Waals surface area (Å²) >= 11 is 0. The van der Waals surface area contributed by atoms with Crippen LogP contribution in [-0.4, -0.2) is 53.0 Å². The van der Waals surface area contributed by atoms with Gasteiger partial charge in [0.05, 0.1) is 0 Å². The van der Waals surface area contributed by atoms with Crippen molar-refractivity contribution in [2.75, 3.05) is 31.1 Å². The van der Waals surface area contributed by atoms with Crippen molar-refractivity contribution in [2.24, 2.45) is 11.7 Å². The van der Waals surface area contributed by atoms with Crippen LogP contribution in [0.2, 0.25) is 0 Å². The van der Waals surface area contributed by atoms with Gasteiger partial charge in [0.25, 0.3) is 0 Å². The molecule has 3 heterocycles. The van der Waals surface area contributed by atoms with Crippen molar-refractivity contribution in [3.63, 3.8) is 0 Å². The monoisotopic (exact) mass is 345 g/mol. The summed E-state index contributed by atoms with van der Waals surface area (Å²) in [6.07, 6.45) is 5.67. The first-order valence-corrected chi connectivity index (χ1v) is 9.71. The third-order valence-corrected chi connectivity index (χ3v) is 5.45. The Morgan fingerprint density at radius 3 is 2.92 bits per heavy atom. The molecule has 0 spiro atoms. The molecular formula is C19H31N5O. The number of hydrogen-bond acceptors (Lipinski definition) is 5. The number of nitrogens with zero attached hydrogens (tertiary/aromatic N) is 4. The molecule has 2 N–H and O–H groups in total. The number of likely N-dealkylation sites (tertiary alicyclic amines) is 1. The minimum atomic E-state index is 0.311. The van der Waals surface area contributed by atoms with Gasteiger partial charge >= 0.3 is 0 Å². The Bertz CT molecular complexity index is 605. The number of amides is 1. The molecule has 138 valence electrons. The van der Waals surface area contributed by atoms with Gasteiger partial charge in [0.1, 0.15) is 11.6 Å². The number of hydrogen-bond donors (Lipinski definition) is 1. The SMILES string of the molecule is CCCc1cc(N2CC[C@@H]3[C@@H](CCC(=O)N3CCCN)C2)nc(C)n1. The lowest BCUT2D eigenvalue weighted by Gasteiger charge is -2.47. The van der Waals surface area contributed by atoms with E-state index in [0.717, 1.165) is 69.1 Å². The molecule has 2 aliphatic heterocycles. The topological polar surface area (TPSA) is 75.4 Å². The van der Waals surface area contributed by atoms with Crippen LogP contribution in [0.5, 0.6) is 0 Å². The van der Waals surface area contributed by atoms with Gasteiger partial charge in [-0.15, -0.1) is 0 Å². The van der Waals surface area contributed by atoms with Crippen molar-refractivity contribution in [2.45, 2.75) is 58.4 Å². The summed E-state index contributed by atoms with van der Waals surface area (Å²) in [7, 11) is 0. The van der Waals surface area contributed by atoms with Crippen molar-refractivity contribution in [1.82, 2.24) is 14.9 Å². The molecule has 0 unspecified atom stereocenters. The van der Waals surface area contributed by atoms with E-state index < -0.39 is 0 Å². The van der Waals surface area contributed by atoms with Gasteiger partial charge < -0.3 is 15.5 Å². The second-order valence-electron chi connectivity index (χ2n) is 7.34. The number of nitrogens with two attached hydrogens (primary N) is 1. The maximum absolute atomic E-state index is 12.3. The normalized spacial score (nSPS) is 23.7.